The molecule has 1 atom stereocenters. The molecule has 0 saturated carbocycles. The zero-order valence-corrected chi connectivity index (χ0v) is 11.6. The van der Waals surface area contributed by atoms with E-state index in [9.17, 15) is 9.59 Å². The summed E-state index contributed by atoms with van der Waals surface area (Å²) in [5.74, 6) is 0.000738. The maximum atomic E-state index is 11.4. The molecule has 0 N–H and O–H groups in total. The first-order valence-corrected chi connectivity index (χ1v) is 5.77. The molecule has 0 bridgehead atoms. The number of likely N-dealkylation sites (N-methyl/N-ethyl adjacent to an activating group) is 1. The van der Waals surface area contributed by atoms with Crippen LogP contribution in [0.5, 0.6) is 0 Å². The van der Waals surface area contributed by atoms with E-state index in [2.05, 4.69) is 0 Å². The van der Waals surface area contributed by atoms with E-state index in [1.807, 2.05) is 21.1 Å². The van der Waals surface area contributed by atoms with Crippen LogP contribution in [-0.2, 0) is 14.3 Å². The quantitative estimate of drug-likeness (QED) is 0.527. The van der Waals surface area contributed by atoms with Crippen LogP contribution in [0.25, 0.3) is 0 Å². The summed E-state index contributed by atoms with van der Waals surface area (Å²) in [6, 6.07) is 0. The molecule has 0 fully saturated rings. The molecule has 0 saturated heterocycles. The number of carbonyl (C=O) groups is 2. The summed E-state index contributed by atoms with van der Waals surface area (Å²) in [6.45, 7) is 5.56. The van der Waals surface area contributed by atoms with E-state index in [1.54, 1.807) is 13.8 Å². The molecule has 0 unspecified atom stereocenters. The highest BCUT2D eigenvalue weighted by Crippen LogP contribution is 2.07. The monoisotopic (exact) mass is 246 g/mol. The van der Waals surface area contributed by atoms with Crippen LogP contribution in [0.1, 0.15) is 27.2 Å². The second kappa shape index (κ2) is 6.59. The predicted molar refractivity (Wildman–Crippen MR) is 64.7 cm³/mol. The van der Waals surface area contributed by atoms with E-state index >= 15 is 0 Å². The van der Waals surface area contributed by atoms with Gasteiger partial charge in [0, 0.05) is 6.42 Å². The summed E-state index contributed by atoms with van der Waals surface area (Å²) in [5, 5.41) is 0. The molecular formula is C12H24NO4+. The molecule has 0 radical (unpaired) electrons. The number of ketones is 1. The highest BCUT2D eigenvalue weighted by atomic mass is 16.7. The third-order valence-corrected chi connectivity index (χ3v) is 1.86. The molecule has 0 amide bonds. The summed E-state index contributed by atoms with van der Waals surface area (Å²) in [5.41, 5.74) is 0. The summed E-state index contributed by atoms with van der Waals surface area (Å²) < 4.78 is 10.7. The first-order valence-electron chi connectivity index (χ1n) is 5.77. The van der Waals surface area contributed by atoms with Gasteiger partial charge in [-0.05, 0) is 20.8 Å². The Morgan fingerprint density at radius 1 is 1.12 bits per heavy atom. The Morgan fingerprint density at radius 2 is 1.65 bits per heavy atom. The lowest BCUT2D eigenvalue weighted by Crippen LogP contribution is -2.43. The largest absolute Gasteiger partial charge is 0.509 e. The van der Waals surface area contributed by atoms with Gasteiger partial charge in [-0.25, -0.2) is 4.79 Å². The lowest BCUT2D eigenvalue weighted by Gasteiger charge is -2.28. The van der Waals surface area contributed by atoms with Crippen molar-refractivity contribution in [3.05, 3.63) is 0 Å². The van der Waals surface area contributed by atoms with Gasteiger partial charge in [-0.15, -0.1) is 0 Å². The van der Waals surface area contributed by atoms with E-state index in [-0.39, 0.29) is 18.3 Å². The van der Waals surface area contributed by atoms with Crippen molar-refractivity contribution in [1.29, 1.82) is 0 Å². The van der Waals surface area contributed by atoms with Crippen LogP contribution in [0.15, 0.2) is 0 Å². The van der Waals surface area contributed by atoms with Crippen molar-refractivity contribution in [2.45, 2.75) is 39.4 Å². The van der Waals surface area contributed by atoms with Crippen molar-refractivity contribution in [3.63, 3.8) is 0 Å². The molecule has 100 valence electrons. The minimum absolute atomic E-state index is 0.000738. The van der Waals surface area contributed by atoms with Crippen molar-refractivity contribution in [3.8, 4) is 0 Å². The van der Waals surface area contributed by atoms with Gasteiger partial charge in [0.1, 0.15) is 12.3 Å². The number of hydrogen-bond donors (Lipinski definition) is 0. The van der Waals surface area contributed by atoms with Crippen molar-refractivity contribution < 1.29 is 23.5 Å². The zero-order chi connectivity index (χ0) is 13.6. The van der Waals surface area contributed by atoms with E-state index in [0.29, 0.717) is 11.0 Å². The molecule has 0 aliphatic rings. The minimum Gasteiger partial charge on any atom is -0.432 e. The average Bonchev–Trinajstić information content (AvgIpc) is 1.95. The van der Waals surface area contributed by atoms with Gasteiger partial charge in [0.25, 0.3) is 0 Å². The van der Waals surface area contributed by atoms with Crippen LogP contribution in [0.2, 0.25) is 0 Å². The third-order valence-electron chi connectivity index (χ3n) is 1.86. The van der Waals surface area contributed by atoms with Gasteiger partial charge in [0.2, 0.25) is 0 Å². The van der Waals surface area contributed by atoms with Crippen molar-refractivity contribution >= 4 is 11.9 Å². The van der Waals surface area contributed by atoms with Gasteiger partial charge < -0.3 is 14.0 Å². The summed E-state index contributed by atoms with van der Waals surface area (Å²) in [7, 11) is 5.93. The van der Waals surface area contributed by atoms with Crippen LogP contribution in [0.3, 0.4) is 0 Å². The van der Waals surface area contributed by atoms with Crippen LogP contribution >= 0.6 is 0 Å². The Hall–Kier alpha value is -1.10. The van der Waals surface area contributed by atoms with E-state index in [4.69, 9.17) is 9.47 Å². The van der Waals surface area contributed by atoms with Gasteiger partial charge in [-0.3, -0.25) is 4.79 Å². The molecule has 0 spiro atoms. The molecule has 0 rings (SSSR count). The predicted octanol–water partition coefficient (Wildman–Crippen LogP) is 1.60. The van der Waals surface area contributed by atoms with E-state index in [0.717, 1.165) is 0 Å². The van der Waals surface area contributed by atoms with Gasteiger partial charge in [0.05, 0.1) is 27.2 Å². The number of ether oxygens (including phenoxy) is 2. The smallest absolute Gasteiger partial charge is 0.432 e. The van der Waals surface area contributed by atoms with Gasteiger partial charge in [0.15, 0.2) is 6.10 Å². The fraction of sp³-hybridized carbons (Fsp3) is 0.833. The molecule has 5 heteroatoms. The van der Waals surface area contributed by atoms with Crippen molar-refractivity contribution in [1.82, 2.24) is 0 Å². The van der Waals surface area contributed by atoms with Crippen LogP contribution in [0, 0.1) is 0 Å². The molecule has 0 aromatic carbocycles. The Balaban J connectivity index is 4.38. The summed E-state index contributed by atoms with van der Waals surface area (Å²) in [6.07, 6.45) is -1.13. The van der Waals surface area contributed by atoms with Crippen LogP contribution in [0.4, 0.5) is 4.79 Å². The fourth-order valence-electron chi connectivity index (χ4n) is 1.43. The maximum absolute atomic E-state index is 11.4. The summed E-state index contributed by atoms with van der Waals surface area (Å²) in [4.78, 5) is 22.5. The van der Waals surface area contributed by atoms with E-state index < -0.39 is 12.3 Å². The van der Waals surface area contributed by atoms with Gasteiger partial charge >= 0.3 is 6.16 Å². The van der Waals surface area contributed by atoms with Crippen LogP contribution in [-0.4, -0.2) is 56.3 Å². The zero-order valence-electron chi connectivity index (χ0n) is 11.6. The topological polar surface area (TPSA) is 52.6 Å². The normalized spacial score (nSPS) is 13.4. The second-order valence-corrected chi connectivity index (χ2v) is 5.54. The van der Waals surface area contributed by atoms with Crippen molar-refractivity contribution in [2.75, 3.05) is 27.7 Å². The Morgan fingerprint density at radius 3 is 2.00 bits per heavy atom. The van der Waals surface area contributed by atoms with Crippen LogP contribution < -0.4 is 0 Å². The lowest BCUT2D eigenvalue weighted by atomic mass is 10.2. The molecule has 0 aromatic heterocycles. The highest BCUT2D eigenvalue weighted by Gasteiger charge is 2.24. The first-order chi connectivity index (χ1) is 7.60. The number of carbonyl (C=O) groups excluding carboxylic acids is 2. The lowest BCUT2D eigenvalue weighted by molar-refractivity contribution is -0.873. The van der Waals surface area contributed by atoms with Gasteiger partial charge in [-0.1, -0.05) is 0 Å². The summed E-state index contributed by atoms with van der Waals surface area (Å²) >= 11 is 0. The molecule has 5 nitrogen and oxygen atoms in total. The Labute approximate surface area is 103 Å². The maximum Gasteiger partial charge on any atom is 0.509 e. The molecule has 0 aliphatic heterocycles. The second-order valence-electron chi connectivity index (χ2n) is 5.54. The van der Waals surface area contributed by atoms with Gasteiger partial charge in [-0.2, -0.15) is 0 Å². The number of rotatable bonds is 6. The van der Waals surface area contributed by atoms with Crippen molar-refractivity contribution in [2.24, 2.45) is 0 Å². The van der Waals surface area contributed by atoms with E-state index in [1.165, 1.54) is 6.92 Å². The Bertz CT molecular complexity index is 268. The third kappa shape index (κ3) is 9.81. The minimum atomic E-state index is -0.709. The SMILES string of the molecule is CC(=O)C[C@@H](C[N+](C)(C)C)OC(=O)OC(C)C. The molecule has 17 heavy (non-hydrogen) atoms. The highest BCUT2D eigenvalue weighted by molar-refractivity contribution is 5.76. The Kier molecular flexibility index (Phi) is 6.16. The molecule has 0 heterocycles. The average molecular weight is 246 g/mol. The molecular weight excluding hydrogens is 222 g/mol. The number of hydrogen-bond acceptors (Lipinski definition) is 4. The molecule has 0 aromatic rings. The fourth-order valence-corrected chi connectivity index (χ4v) is 1.43. The first kappa shape index (κ1) is 15.9. The molecule has 0 aliphatic carbocycles. The number of Topliss-reactive ketones (excluding diaryl/α,β-unsaturated/α-hetero) is 1. The number of nitrogens with zero attached hydrogens (tertiary/aromatic N) is 1. The standard InChI is InChI=1S/C12H24NO4/c1-9(2)16-12(15)17-11(7-10(3)14)8-13(4,5)6/h9,11H,7-8H2,1-6H3/q+1/t11-/m0/s1. The number of quaternary nitrogens is 1.